The molecule has 3 N–H and O–H groups in total. The number of piperidine rings is 1. The van der Waals surface area contributed by atoms with Gasteiger partial charge in [-0.1, -0.05) is 48.0 Å². The van der Waals surface area contributed by atoms with E-state index in [2.05, 4.69) is 47.4 Å². The van der Waals surface area contributed by atoms with Gasteiger partial charge in [0.15, 0.2) is 12.4 Å². The van der Waals surface area contributed by atoms with Crippen molar-refractivity contribution in [2.75, 3.05) is 19.7 Å². The zero-order valence-corrected chi connectivity index (χ0v) is 18.9. The number of oxime groups is 1. The molecular formula is C25H34N4O2. The van der Waals surface area contributed by atoms with Crippen LogP contribution in [0.1, 0.15) is 60.0 Å². The van der Waals surface area contributed by atoms with Crippen molar-refractivity contribution in [3.8, 4) is 0 Å². The van der Waals surface area contributed by atoms with E-state index in [4.69, 9.17) is 10.6 Å². The molecule has 1 atom stereocenters. The second-order valence-electron chi connectivity index (χ2n) is 8.42. The third-order valence-electron chi connectivity index (χ3n) is 5.84. The Labute approximate surface area is 185 Å². The second-order valence-corrected chi connectivity index (χ2v) is 8.42. The Morgan fingerprint density at radius 2 is 1.90 bits per heavy atom. The van der Waals surface area contributed by atoms with E-state index in [9.17, 15) is 4.79 Å². The number of nitrogens with two attached hydrogens (primary N) is 1. The smallest absolute Gasteiger partial charge is 0.261 e. The molecule has 1 aliphatic rings. The number of carbonyl (C=O) groups is 1. The number of benzene rings is 2. The summed E-state index contributed by atoms with van der Waals surface area (Å²) in [6.07, 6.45) is 3.85. The number of amidine groups is 1. The first-order chi connectivity index (χ1) is 14.9. The molecule has 0 unspecified atom stereocenters. The molecule has 0 aromatic heterocycles. The Bertz CT molecular complexity index is 919. The first-order valence-corrected chi connectivity index (χ1v) is 11.1. The third kappa shape index (κ3) is 6.82. The molecule has 2 aromatic rings. The molecule has 1 aliphatic heterocycles. The van der Waals surface area contributed by atoms with Crippen molar-refractivity contribution in [2.24, 2.45) is 10.9 Å². The Morgan fingerprint density at radius 1 is 1.13 bits per heavy atom. The normalized spacial score (nSPS) is 16.0. The van der Waals surface area contributed by atoms with Gasteiger partial charge < -0.3 is 15.9 Å². The highest BCUT2D eigenvalue weighted by Crippen LogP contribution is 2.17. The molecule has 0 saturated carbocycles. The summed E-state index contributed by atoms with van der Waals surface area (Å²) < 4.78 is 0. The molecule has 0 radical (unpaired) electrons. The third-order valence-corrected chi connectivity index (χ3v) is 5.84. The SMILES string of the molecule is Cc1ccc([C@H](C)NC(=O)CO/N=C(/N)c2cccc(CN3CCCCC3)c2)cc1C. The van der Waals surface area contributed by atoms with Gasteiger partial charge >= 0.3 is 0 Å². The van der Waals surface area contributed by atoms with Crippen LogP contribution in [0, 0.1) is 13.8 Å². The summed E-state index contributed by atoms with van der Waals surface area (Å²) in [5, 5.41) is 6.88. The summed E-state index contributed by atoms with van der Waals surface area (Å²) in [6, 6.07) is 14.1. The van der Waals surface area contributed by atoms with E-state index in [1.54, 1.807) is 0 Å². The molecule has 2 aromatic carbocycles. The number of hydrogen-bond donors (Lipinski definition) is 2. The van der Waals surface area contributed by atoms with Gasteiger partial charge in [0.2, 0.25) is 0 Å². The van der Waals surface area contributed by atoms with Gasteiger partial charge in [-0.25, -0.2) is 0 Å². The van der Waals surface area contributed by atoms with Gasteiger partial charge in [-0.05, 0) is 75.0 Å². The van der Waals surface area contributed by atoms with Crippen molar-refractivity contribution >= 4 is 11.7 Å². The molecule has 6 nitrogen and oxygen atoms in total. The zero-order valence-electron chi connectivity index (χ0n) is 18.9. The van der Waals surface area contributed by atoms with Crippen molar-refractivity contribution in [2.45, 2.75) is 52.6 Å². The molecule has 1 heterocycles. The van der Waals surface area contributed by atoms with Gasteiger partial charge in [0, 0.05) is 12.1 Å². The van der Waals surface area contributed by atoms with E-state index < -0.39 is 0 Å². The number of nitrogens with zero attached hydrogens (tertiary/aromatic N) is 2. The lowest BCUT2D eigenvalue weighted by Gasteiger charge is -2.26. The lowest BCUT2D eigenvalue weighted by atomic mass is 10.0. The summed E-state index contributed by atoms with van der Waals surface area (Å²) in [7, 11) is 0. The van der Waals surface area contributed by atoms with Gasteiger partial charge in [-0.3, -0.25) is 9.69 Å². The molecule has 0 bridgehead atoms. The largest absolute Gasteiger partial charge is 0.384 e. The lowest BCUT2D eigenvalue weighted by Crippen LogP contribution is -2.30. The van der Waals surface area contributed by atoms with Gasteiger partial charge in [0.1, 0.15) is 0 Å². The standard InChI is InChI=1S/C25H34N4O2/c1-18-10-11-22(14-19(18)2)20(3)27-24(30)17-31-28-25(26)23-9-7-8-21(15-23)16-29-12-5-4-6-13-29/h7-11,14-15,20H,4-6,12-13,16-17H2,1-3H3,(H2,26,28)(H,27,30)/t20-/m0/s1. The van der Waals surface area contributed by atoms with Crippen LogP contribution in [0.5, 0.6) is 0 Å². The Balaban J connectivity index is 1.50. The first-order valence-electron chi connectivity index (χ1n) is 11.1. The number of likely N-dealkylation sites (tertiary alicyclic amines) is 1. The van der Waals surface area contributed by atoms with Gasteiger partial charge in [-0.15, -0.1) is 0 Å². The summed E-state index contributed by atoms with van der Waals surface area (Å²) in [5.74, 6) is 0.0385. The summed E-state index contributed by atoms with van der Waals surface area (Å²) in [5.41, 5.74) is 11.6. The van der Waals surface area contributed by atoms with Crippen LogP contribution in [0.25, 0.3) is 0 Å². The minimum Gasteiger partial charge on any atom is -0.384 e. The highest BCUT2D eigenvalue weighted by Gasteiger charge is 2.12. The van der Waals surface area contributed by atoms with Crippen LogP contribution in [0.2, 0.25) is 0 Å². The van der Waals surface area contributed by atoms with Crippen molar-refractivity contribution in [1.29, 1.82) is 0 Å². The van der Waals surface area contributed by atoms with E-state index in [1.165, 1.54) is 36.0 Å². The average molecular weight is 423 g/mol. The number of nitrogens with one attached hydrogen (secondary N) is 1. The maximum atomic E-state index is 12.2. The monoisotopic (exact) mass is 422 g/mol. The van der Waals surface area contributed by atoms with E-state index in [0.717, 1.165) is 30.8 Å². The Hall–Kier alpha value is -2.86. The second kappa shape index (κ2) is 11.0. The summed E-state index contributed by atoms with van der Waals surface area (Å²) in [6.45, 7) is 9.12. The number of rotatable bonds is 8. The lowest BCUT2D eigenvalue weighted by molar-refractivity contribution is -0.126. The fraction of sp³-hybridized carbons (Fsp3) is 0.440. The van der Waals surface area contributed by atoms with Crippen LogP contribution in [0.3, 0.4) is 0 Å². The number of amides is 1. The minimum atomic E-state index is -0.235. The molecule has 31 heavy (non-hydrogen) atoms. The molecular weight excluding hydrogens is 388 g/mol. The first kappa shape index (κ1) is 22.8. The molecule has 3 rings (SSSR count). The van der Waals surface area contributed by atoms with Crippen LogP contribution >= 0.6 is 0 Å². The zero-order chi connectivity index (χ0) is 22.2. The van der Waals surface area contributed by atoms with E-state index in [-0.39, 0.29) is 24.4 Å². The predicted octanol–water partition coefficient (Wildman–Crippen LogP) is 3.80. The number of hydrogen-bond acceptors (Lipinski definition) is 4. The topological polar surface area (TPSA) is 79.9 Å². The van der Waals surface area contributed by atoms with Gasteiger partial charge in [0.25, 0.3) is 5.91 Å². The fourth-order valence-electron chi connectivity index (χ4n) is 3.82. The molecule has 6 heteroatoms. The fourth-order valence-corrected chi connectivity index (χ4v) is 3.82. The van der Waals surface area contributed by atoms with Crippen molar-refractivity contribution in [1.82, 2.24) is 10.2 Å². The summed E-state index contributed by atoms with van der Waals surface area (Å²) >= 11 is 0. The maximum Gasteiger partial charge on any atom is 0.261 e. The molecule has 1 saturated heterocycles. The van der Waals surface area contributed by atoms with Crippen LogP contribution in [-0.2, 0) is 16.2 Å². The highest BCUT2D eigenvalue weighted by molar-refractivity contribution is 5.97. The molecule has 0 aliphatic carbocycles. The molecule has 1 amide bonds. The van der Waals surface area contributed by atoms with Crippen LogP contribution in [-0.4, -0.2) is 36.3 Å². The van der Waals surface area contributed by atoms with Crippen LogP contribution in [0.15, 0.2) is 47.6 Å². The molecule has 1 fully saturated rings. The Morgan fingerprint density at radius 3 is 2.65 bits per heavy atom. The van der Waals surface area contributed by atoms with Gasteiger partial charge in [-0.2, -0.15) is 0 Å². The quantitative estimate of drug-likeness (QED) is 0.385. The Kier molecular flexibility index (Phi) is 8.06. The van der Waals surface area contributed by atoms with Gasteiger partial charge in [0.05, 0.1) is 6.04 Å². The summed E-state index contributed by atoms with van der Waals surface area (Å²) in [4.78, 5) is 19.9. The minimum absolute atomic E-state index is 0.108. The average Bonchev–Trinajstić information content (AvgIpc) is 2.76. The number of aryl methyl sites for hydroxylation is 2. The number of carbonyl (C=O) groups excluding carboxylic acids is 1. The molecule has 166 valence electrons. The predicted molar refractivity (Wildman–Crippen MR) is 125 cm³/mol. The van der Waals surface area contributed by atoms with Crippen LogP contribution < -0.4 is 11.1 Å². The van der Waals surface area contributed by atoms with Crippen molar-refractivity contribution in [3.63, 3.8) is 0 Å². The highest BCUT2D eigenvalue weighted by atomic mass is 16.6. The van der Waals surface area contributed by atoms with E-state index >= 15 is 0 Å². The van der Waals surface area contributed by atoms with Crippen molar-refractivity contribution in [3.05, 3.63) is 70.3 Å². The van der Waals surface area contributed by atoms with E-state index in [1.807, 2.05) is 31.2 Å². The molecule has 0 spiro atoms. The maximum absolute atomic E-state index is 12.2. The van der Waals surface area contributed by atoms with Crippen LogP contribution in [0.4, 0.5) is 0 Å². The van der Waals surface area contributed by atoms with Crippen molar-refractivity contribution < 1.29 is 9.63 Å². The van der Waals surface area contributed by atoms with E-state index in [0.29, 0.717) is 0 Å².